The number of hydrogen-bond acceptors (Lipinski definition) is 2. The molecule has 0 N–H and O–H groups in total. The maximum atomic E-state index is 7.07. The normalized spacial score (nSPS) is 11.5. The Hall–Kier alpha value is -6.38. The van der Waals surface area contributed by atoms with E-state index in [0.29, 0.717) is 0 Å². The highest BCUT2D eigenvalue weighted by Crippen LogP contribution is 2.52. The first kappa shape index (κ1) is 27.9. The molecule has 0 aliphatic carbocycles. The van der Waals surface area contributed by atoms with E-state index in [4.69, 9.17) is 4.74 Å². The van der Waals surface area contributed by atoms with Crippen LogP contribution in [0.5, 0.6) is 11.5 Å². The highest BCUT2D eigenvalue weighted by Gasteiger charge is 2.25. The Morgan fingerprint density at radius 2 is 0.792 bits per heavy atom. The van der Waals surface area contributed by atoms with E-state index in [1.807, 2.05) is 0 Å². The minimum absolute atomic E-state index is 0.825. The third-order valence-electron chi connectivity index (χ3n) is 9.28. The maximum Gasteiger partial charge on any atom is 0.159 e. The molecule has 0 atom stereocenters. The summed E-state index contributed by atoms with van der Waals surface area (Å²) in [5, 5.41) is 2.45. The smallest absolute Gasteiger partial charge is 0.159 e. The van der Waals surface area contributed by atoms with Crippen LogP contribution in [0, 0.1) is 0 Å². The summed E-state index contributed by atoms with van der Waals surface area (Å²) in [5.41, 5.74) is 12.3. The Morgan fingerprint density at radius 3 is 1.40 bits per heavy atom. The largest absolute Gasteiger partial charge is 0.454 e. The molecule has 0 saturated carbocycles. The second-order valence-corrected chi connectivity index (χ2v) is 12.1. The van der Waals surface area contributed by atoms with Crippen molar-refractivity contribution in [3.8, 4) is 56.0 Å². The lowest BCUT2D eigenvalue weighted by atomic mass is 9.89. The van der Waals surface area contributed by atoms with Crippen molar-refractivity contribution < 1.29 is 4.74 Å². The predicted octanol–water partition coefficient (Wildman–Crippen LogP) is 13.1. The van der Waals surface area contributed by atoms with Crippen molar-refractivity contribution in [2.75, 3.05) is 4.90 Å². The van der Waals surface area contributed by atoms with Gasteiger partial charge in [-0.25, -0.2) is 0 Å². The maximum absolute atomic E-state index is 7.07. The van der Waals surface area contributed by atoms with Gasteiger partial charge in [0.2, 0.25) is 0 Å². The summed E-state index contributed by atoms with van der Waals surface area (Å²) in [4.78, 5) is 2.32. The van der Waals surface area contributed by atoms with Gasteiger partial charge in [-0.15, -0.1) is 0 Å². The second-order valence-electron chi connectivity index (χ2n) is 12.1. The first-order valence-corrected chi connectivity index (χ1v) is 16.4. The lowest BCUT2D eigenvalue weighted by Crippen LogP contribution is -2.12. The molecule has 8 aromatic carbocycles. The van der Waals surface area contributed by atoms with E-state index in [0.717, 1.165) is 45.3 Å². The van der Waals surface area contributed by atoms with Crippen LogP contribution in [0.15, 0.2) is 188 Å². The molecular formula is C46H31NO. The number of rotatable bonds is 5. The van der Waals surface area contributed by atoms with Crippen LogP contribution in [0.1, 0.15) is 0 Å². The molecule has 0 spiro atoms. The zero-order valence-electron chi connectivity index (χ0n) is 26.3. The van der Waals surface area contributed by atoms with Gasteiger partial charge in [0.05, 0.1) is 5.69 Å². The molecule has 0 fully saturated rings. The Kier molecular flexibility index (Phi) is 6.84. The van der Waals surface area contributed by atoms with Crippen LogP contribution in [-0.2, 0) is 0 Å². The van der Waals surface area contributed by atoms with Crippen molar-refractivity contribution in [3.63, 3.8) is 0 Å². The van der Waals surface area contributed by atoms with Crippen LogP contribution in [0.3, 0.4) is 0 Å². The van der Waals surface area contributed by atoms with Crippen molar-refractivity contribution in [2.45, 2.75) is 0 Å². The van der Waals surface area contributed by atoms with Gasteiger partial charge in [-0.05, 0) is 80.6 Å². The van der Waals surface area contributed by atoms with E-state index < -0.39 is 0 Å². The van der Waals surface area contributed by atoms with Gasteiger partial charge in [-0.2, -0.15) is 0 Å². The summed E-state index contributed by atoms with van der Waals surface area (Å²) in [7, 11) is 0. The molecule has 1 aliphatic heterocycles. The lowest BCUT2D eigenvalue weighted by molar-refractivity contribution is 0.487. The summed E-state index contributed by atoms with van der Waals surface area (Å²) in [6.45, 7) is 0. The van der Waals surface area contributed by atoms with Gasteiger partial charge >= 0.3 is 0 Å². The summed E-state index contributed by atoms with van der Waals surface area (Å²) >= 11 is 0. The molecule has 48 heavy (non-hydrogen) atoms. The standard InChI is InChI=1S/C46H31NO/c1-3-12-32(13-4-1)34-24-28-37(29-25-34)47(38-30-26-35(27-31-38)33-14-5-2-6-15-33)43-22-11-21-42-41-20-10-17-36-16-9-19-40(45(36)41)39-18-7-8-23-44(39)48-46(42)43/h1-31H. The summed E-state index contributed by atoms with van der Waals surface area (Å²) in [6, 6.07) is 66.7. The topological polar surface area (TPSA) is 12.5 Å². The molecule has 0 saturated heterocycles. The third-order valence-corrected chi connectivity index (χ3v) is 9.28. The van der Waals surface area contributed by atoms with Gasteiger partial charge in [0.15, 0.2) is 5.75 Å². The summed E-state index contributed by atoms with van der Waals surface area (Å²) in [5.74, 6) is 1.67. The highest BCUT2D eigenvalue weighted by atomic mass is 16.5. The Bertz CT molecular complexity index is 2310. The fourth-order valence-electron chi connectivity index (χ4n) is 6.99. The van der Waals surface area contributed by atoms with Crippen molar-refractivity contribution in [2.24, 2.45) is 0 Å². The molecule has 0 radical (unpaired) electrons. The second kappa shape index (κ2) is 11.8. The molecular weight excluding hydrogens is 583 g/mol. The molecule has 0 amide bonds. The van der Waals surface area contributed by atoms with Gasteiger partial charge in [0.1, 0.15) is 5.75 Å². The Labute approximate surface area is 280 Å². The quantitative estimate of drug-likeness (QED) is 0.191. The Morgan fingerprint density at radius 1 is 0.333 bits per heavy atom. The van der Waals surface area contributed by atoms with Crippen LogP contribution in [0.4, 0.5) is 17.1 Å². The van der Waals surface area contributed by atoms with Gasteiger partial charge in [0, 0.05) is 22.5 Å². The minimum atomic E-state index is 0.825. The molecule has 1 aliphatic rings. The molecule has 0 bridgehead atoms. The fraction of sp³-hybridized carbons (Fsp3) is 0. The third kappa shape index (κ3) is 4.83. The van der Waals surface area contributed by atoms with Crippen LogP contribution in [0.25, 0.3) is 55.3 Å². The molecule has 8 aromatic rings. The number of benzene rings is 8. The predicted molar refractivity (Wildman–Crippen MR) is 200 cm³/mol. The average Bonchev–Trinajstić information content (AvgIpc) is 3.16. The first-order chi connectivity index (χ1) is 23.8. The lowest BCUT2D eigenvalue weighted by Gasteiger charge is -2.30. The molecule has 1 heterocycles. The number of para-hydroxylation sites is 2. The van der Waals surface area contributed by atoms with Crippen LogP contribution in [-0.4, -0.2) is 0 Å². The van der Waals surface area contributed by atoms with E-state index in [9.17, 15) is 0 Å². The molecule has 2 nitrogen and oxygen atoms in total. The SMILES string of the molecule is c1ccc(-c2ccc(N(c3ccc(-c4ccccc4)cc3)c3cccc4c3Oc3ccccc3-c3cccc5cccc-4c35)cc2)cc1. The van der Waals surface area contributed by atoms with Crippen molar-refractivity contribution >= 4 is 27.8 Å². The molecule has 9 rings (SSSR count). The molecule has 0 aromatic heterocycles. The highest BCUT2D eigenvalue weighted by molar-refractivity contribution is 6.09. The number of anilines is 3. The molecule has 2 heteroatoms. The van der Waals surface area contributed by atoms with Gasteiger partial charge in [-0.1, -0.05) is 152 Å². The number of fused-ring (bicyclic) bond motifs is 4. The van der Waals surface area contributed by atoms with Crippen molar-refractivity contribution in [1.82, 2.24) is 0 Å². The fourth-order valence-corrected chi connectivity index (χ4v) is 6.99. The zero-order valence-corrected chi connectivity index (χ0v) is 26.3. The van der Waals surface area contributed by atoms with E-state index >= 15 is 0 Å². The molecule has 226 valence electrons. The minimum Gasteiger partial charge on any atom is -0.454 e. The van der Waals surface area contributed by atoms with Gasteiger partial charge < -0.3 is 9.64 Å². The zero-order chi connectivity index (χ0) is 31.9. The van der Waals surface area contributed by atoms with E-state index in [2.05, 4.69) is 193 Å². The number of hydrogen-bond donors (Lipinski definition) is 0. The molecule has 0 unspecified atom stereocenters. The number of ether oxygens (including phenoxy) is 1. The monoisotopic (exact) mass is 613 g/mol. The number of nitrogens with zero attached hydrogens (tertiary/aromatic N) is 1. The Balaban J connectivity index is 1.27. The van der Waals surface area contributed by atoms with Crippen molar-refractivity contribution in [3.05, 3.63) is 188 Å². The van der Waals surface area contributed by atoms with E-state index in [1.165, 1.54) is 38.6 Å². The van der Waals surface area contributed by atoms with E-state index in [1.54, 1.807) is 0 Å². The summed E-state index contributed by atoms with van der Waals surface area (Å²) < 4.78 is 7.07. The average molecular weight is 614 g/mol. The van der Waals surface area contributed by atoms with Gasteiger partial charge in [0.25, 0.3) is 0 Å². The van der Waals surface area contributed by atoms with Crippen LogP contribution < -0.4 is 9.64 Å². The first-order valence-electron chi connectivity index (χ1n) is 16.4. The summed E-state index contributed by atoms with van der Waals surface area (Å²) in [6.07, 6.45) is 0. The van der Waals surface area contributed by atoms with Crippen LogP contribution in [0.2, 0.25) is 0 Å². The van der Waals surface area contributed by atoms with Gasteiger partial charge in [-0.3, -0.25) is 0 Å². The van der Waals surface area contributed by atoms with Crippen LogP contribution >= 0.6 is 0 Å². The van der Waals surface area contributed by atoms with E-state index in [-0.39, 0.29) is 0 Å². The van der Waals surface area contributed by atoms with Crippen molar-refractivity contribution in [1.29, 1.82) is 0 Å².